The van der Waals surface area contributed by atoms with E-state index in [1.165, 1.54) is 18.3 Å². The minimum atomic E-state index is -2.98. The maximum Gasteiger partial charge on any atom is 0.280 e. The van der Waals surface area contributed by atoms with Gasteiger partial charge in [-0.2, -0.15) is 0 Å². The molecular weight excluding hydrogens is 365 g/mol. The Hall–Kier alpha value is -2.61. The van der Waals surface area contributed by atoms with Gasteiger partial charge in [-0.15, -0.1) is 0 Å². The molecule has 1 aromatic carbocycles. The van der Waals surface area contributed by atoms with Crippen molar-refractivity contribution in [2.75, 3.05) is 0 Å². The molecular formula is C16H7ClF5N3. The number of alkyl halides is 2. The summed E-state index contributed by atoms with van der Waals surface area (Å²) in [6, 6.07) is 5.15. The first-order valence-electron chi connectivity index (χ1n) is 6.79. The van der Waals surface area contributed by atoms with Crippen LogP contribution in [0.2, 0.25) is 5.15 Å². The second-order valence-electron chi connectivity index (χ2n) is 4.89. The molecule has 0 saturated heterocycles. The van der Waals surface area contributed by atoms with E-state index in [-0.39, 0.29) is 22.2 Å². The molecule has 128 valence electrons. The third-order valence-electron chi connectivity index (χ3n) is 3.27. The molecule has 0 aliphatic carbocycles. The lowest BCUT2D eigenvalue weighted by Gasteiger charge is -2.09. The van der Waals surface area contributed by atoms with Crippen molar-refractivity contribution in [2.24, 2.45) is 0 Å². The number of aromatic nitrogens is 3. The molecule has 25 heavy (non-hydrogen) atoms. The predicted molar refractivity (Wildman–Crippen MR) is 80.5 cm³/mol. The number of hydrogen-bond acceptors (Lipinski definition) is 3. The monoisotopic (exact) mass is 371 g/mol. The Labute approximate surface area is 143 Å². The molecule has 3 rings (SSSR count). The van der Waals surface area contributed by atoms with Gasteiger partial charge in [-0.3, -0.25) is 0 Å². The third-order valence-corrected chi connectivity index (χ3v) is 3.47. The molecule has 3 nitrogen and oxygen atoms in total. The van der Waals surface area contributed by atoms with Gasteiger partial charge in [0.25, 0.3) is 6.43 Å². The van der Waals surface area contributed by atoms with Crippen LogP contribution >= 0.6 is 11.6 Å². The van der Waals surface area contributed by atoms with E-state index in [0.717, 1.165) is 12.1 Å². The highest BCUT2D eigenvalue weighted by atomic mass is 35.5. The summed E-state index contributed by atoms with van der Waals surface area (Å²) >= 11 is 5.75. The number of pyridine rings is 1. The Morgan fingerprint density at radius 3 is 2.36 bits per heavy atom. The van der Waals surface area contributed by atoms with Crippen LogP contribution in [0.25, 0.3) is 22.6 Å². The lowest BCUT2D eigenvalue weighted by Crippen LogP contribution is -2.01. The Bertz CT molecular complexity index is 949. The van der Waals surface area contributed by atoms with E-state index in [9.17, 15) is 22.0 Å². The first-order valence-corrected chi connectivity index (χ1v) is 7.17. The normalized spacial score (nSPS) is 11.2. The van der Waals surface area contributed by atoms with Gasteiger partial charge in [-0.05, 0) is 30.3 Å². The zero-order valence-corrected chi connectivity index (χ0v) is 12.9. The zero-order valence-electron chi connectivity index (χ0n) is 12.2. The van der Waals surface area contributed by atoms with Crippen molar-refractivity contribution in [2.45, 2.75) is 6.43 Å². The molecule has 2 aromatic heterocycles. The van der Waals surface area contributed by atoms with E-state index in [1.54, 1.807) is 0 Å². The van der Waals surface area contributed by atoms with Crippen molar-refractivity contribution in [3.05, 3.63) is 64.8 Å². The quantitative estimate of drug-likeness (QED) is 0.360. The lowest BCUT2D eigenvalue weighted by atomic mass is 10.1. The molecule has 0 saturated carbocycles. The molecule has 0 radical (unpaired) electrons. The van der Waals surface area contributed by atoms with E-state index in [0.29, 0.717) is 6.07 Å². The number of benzene rings is 1. The highest BCUT2D eigenvalue weighted by Crippen LogP contribution is 2.30. The standard InChI is InChI=1S/C16H7ClF5N3/c17-12-5-7(3-4-23-12)16-24-10(6-11(25-16)15(21)22)8-1-2-9(18)14(20)13(8)19/h1-6,15H. The van der Waals surface area contributed by atoms with Gasteiger partial charge >= 0.3 is 0 Å². The maximum atomic E-state index is 14.0. The fourth-order valence-electron chi connectivity index (χ4n) is 2.11. The zero-order chi connectivity index (χ0) is 18.1. The third kappa shape index (κ3) is 3.43. The maximum absolute atomic E-state index is 14.0. The largest absolute Gasteiger partial charge is 0.280 e. The molecule has 9 heteroatoms. The van der Waals surface area contributed by atoms with Crippen LogP contribution in [0.15, 0.2) is 36.5 Å². The second kappa shape index (κ2) is 6.72. The Morgan fingerprint density at radius 1 is 0.920 bits per heavy atom. The van der Waals surface area contributed by atoms with Crippen LogP contribution in [0.3, 0.4) is 0 Å². The van der Waals surface area contributed by atoms with E-state index in [1.807, 2.05) is 0 Å². The van der Waals surface area contributed by atoms with Crippen molar-refractivity contribution in [1.29, 1.82) is 0 Å². The molecule has 3 aromatic rings. The molecule has 0 amide bonds. The average Bonchev–Trinajstić information content (AvgIpc) is 2.59. The van der Waals surface area contributed by atoms with Gasteiger partial charge in [-0.25, -0.2) is 36.9 Å². The molecule has 2 heterocycles. The topological polar surface area (TPSA) is 38.7 Å². The van der Waals surface area contributed by atoms with E-state index in [2.05, 4.69) is 15.0 Å². The lowest BCUT2D eigenvalue weighted by molar-refractivity contribution is 0.146. The summed E-state index contributed by atoms with van der Waals surface area (Å²) in [6.45, 7) is 0. The van der Waals surface area contributed by atoms with Gasteiger partial charge in [0.1, 0.15) is 10.8 Å². The van der Waals surface area contributed by atoms with Crippen molar-refractivity contribution in [1.82, 2.24) is 15.0 Å². The number of hydrogen-bond donors (Lipinski definition) is 0. The molecule has 0 bridgehead atoms. The first-order chi connectivity index (χ1) is 11.9. The van der Waals surface area contributed by atoms with Crippen LogP contribution in [-0.4, -0.2) is 15.0 Å². The minimum absolute atomic E-state index is 0.0732. The second-order valence-corrected chi connectivity index (χ2v) is 5.28. The smallest absolute Gasteiger partial charge is 0.245 e. The fraction of sp³-hybridized carbons (Fsp3) is 0.0625. The predicted octanol–water partition coefficient (Wildman–Crippen LogP) is 5.21. The van der Waals surface area contributed by atoms with Crippen LogP contribution < -0.4 is 0 Å². The molecule has 0 fully saturated rings. The van der Waals surface area contributed by atoms with Gasteiger partial charge in [0.15, 0.2) is 23.3 Å². The van der Waals surface area contributed by atoms with Crippen LogP contribution in [0.4, 0.5) is 22.0 Å². The number of rotatable bonds is 3. The van der Waals surface area contributed by atoms with Gasteiger partial charge in [-0.1, -0.05) is 11.6 Å². The number of nitrogens with zero attached hydrogens (tertiary/aromatic N) is 3. The van der Waals surface area contributed by atoms with Crippen molar-refractivity contribution >= 4 is 11.6 Å². The summed E-state index contributed by atoms with van der Waals surface area (Å²) in [5.74, 6) is -4.83. The first kappa shape index (κ1) is 17.2. The summed E-state index contributed by atoms with van der Waals surface area (Å²) in [4.78, 5) is 11.4. The summed E-state index contributed by atoms with van der Waals surface area (Å²) in [6.07, 6.45) is -1.67. The average molecular weight is 372 g/mol. The van der Waals surface area contributed by atoms with E-state index >= 15 is 0 Å². The molecule has 0 unspecified atom stereocenters. The summed E-state index contributed by atoms with van der Waals surface area (Å²) < 4.78 is 66.8. The highest BCUT2D eigenvalue weighted by molar-refractivity contribution is 6.29. The molecule has 0 spiro atoms. The fourth-order valence-corrected chi connectivity index (χ4v) is 2.28. The van der Waals surface area contributed by atoms with E-state index < -0.39 is 35.1 Å². The van der Waals surface area contributed by atoms with Crippen LogP contribution in [0.1, 0.15) is 12.1 Å². The summed E-state index contributed by atoms with van der Waals surface area (Å²) in [7, 11) is 0. The van der Waals surface area contributed by atoms with Crippen LogP contribution in [0, 0.1) is 17.5 Å². The highest BCUT2D eigenvalue weighted by Gasteiger charge is 2.20. The Kier molecular flexibility index (Phi) is 4.63. The van der Waals surface area contributed by atoms with Gasteiger partial charge < -0.3 is 0 Å². The van der Waals surface area contributed by atoms with Gasteiger partial charge in [0.05, 0.1) is 5.69 Å². The summed E-state index contributed by atoms with van der Waals surface area (Å²) in [5, 5.41) is 0.0732. The summed E-state index contributed by atoms with van der Waals surface area (Å²) in [5.41, 5.74) is -1.22. The molecule has 0 N–H and O–H groups in total. The molecule has 0 atom stereocenters. The van der Waals surface area contributed by atoms with E-state index in [4.69, 9.17) is 11.6 Å². The molecule has 0 aliphatic heterocycles. The Balaban J connectivity index is 2.23. The number of halogens is 6. The van der Waals surface area contributed by atoms with Crippen molar-refractivity contribution in [3.8, 4) is 22.6 Å². The Morgan fingerprint density at radius 2 is 1.68 bits per heavy atom. The van der Waals surface area contributed by atoms with Crippen LogP contribution in [0.5, 0.6) is 0 Å². The van der Waals surface area contributed by atoms with Crippen molar-refractivity contribution < 1.29 is 22.0 Å². The van der Waals surface area contributed by atoms with Crippen molar-refractivity contribution in [3.63, 3.8) is 0 Å². The minimum Gasteiger partial charge on any atom is -0.245 e. The molecule has 0 aliphatic rings. The van der Waals surface area contributed by atoms with Gasteiger partial charge in [0.2, 0.25) is 0 Å². The van der Waals surface area contributed by atoms with Crippen LogP contribution in [-0.2, 0) is 0 Å². The SMILES string of the molecule is Fc1ccc(-c2cc(C(F)F)nc(-c3ccnc(Cl)c3)n2)c(F)c1F. The van der Waals surface area contributed by atoms with Gasteiger partial charge in [0, 0.05) is 17.3 Å².